The number of cyclic esters (lactones) is 1. The average molecular weight is 914 g/mol. The molecule has 0 unspecified atom stereocenters. The minimum atomic E-state index is -3.50. The number of hydrogen-bond donors (Lipinski definition) is 3. The fraction of sp³-hybridized carbons (Fsp3) is 0.521. The number of hydrogen-bond acceptors (Lipinski definition) is 11. The summed E-state index contributed by atoms with van der Waals surface area (Å²) in [6.07, 6.45) is 6.48. The molecule has 17 heteroatoms. The van der Waals surface area contributed by atoms with Gasteiger partial charge in [0.25, 0.3) is 5.91 Å². The molecule has 3 amide bonds. The highest BCUT2D eigenvalue weighted by atomic mass is 32.2. The van der Waals surface area contributed by atoms with Gasteiger partial charge in [-0.3, -0.25) is 29.2 Å². The zero-order chi connectivity index (χ0) is 47.0. The number of pyridine rings is 1. The van der Waals surface area contributed by atoms with Gasteiger partial charge in [-0.05, 0) is 96.7 Å². The molecule has 2 saturated heterocycles. The third-order valence-corrected chi connectivity index (χ3v) is 14.2. The van der Waals surface area contributed by atoms with E-state index in [0.29, 0.717) is 50.0 Å². The summed E-state index contributed by atoms with van der Waals surface area (Å²) in [6, 6.07) is 10.3. The Kier molecular flexibility index (Phi) is 14.1. The number of likely N-dealkylation sites (N-methyl/N-ethyl adjacent to an activating group) is 1. The maximum Gasteiger partial charge on any atom is 0.324 e. The number of phenols is 1. The number of methoxy groups -OCH3 is 1. The van der Waals surface area contributed by atoms with Gasteiger partial charge < -0.3 is 29.4 Å². The smallest absolute Gasteiger partial charge is 0.324 e. The van der Waals surface area contributed by atoms with Crippen molar-refractivity contribution in [1.29, 1.82) is 0 Å². The van der Waals surface area contributed by atoms with Crippen LogP contribution in [0.5, 0.6) is 5.75 Å². The molecule has 2 fully saturated rings. The van der Waals surface area contributed by atoms with Crippen molar-refractivity contribution in [3.8, 4) is 28.1 Å². The van der Waals surface area contributed by atoms with Crippen LogP contribution in [0.15, 0.2) is 54.9 Å². The van der Waals surface area contributed by atoms with E-state index in [1.165, 1.54) is 21.3 Å². The number of amides is 3. The number of ether oxygens (including phenoxy) is 2. The van der Waals surface area contributed by atoms with Crippen LogP contribution in [0, 0.1) is 17.3 Å². The van der Waals surface area contributed by atoms with E-state index in [9.17, 15) is 32.7 Å². The van der Waals surface area contributed by atoms with Crippen LogP contribution in [-0.4, -0.2) is 126 Å². The summed E-state index contributed by atoms with van der Waals surface area (Å²) in [5, 5.41) is 16.6. The first-order chi connectivity index (χ1) is 30.8. The van der Waals surface area contributed by atoms with Crippen molar-refractivity contribution in [1.82, 2.24) is 34.5 Å². The number of carbonyl (C=O) groups excluding carboxylic acids is 4. The van der Waals surface area contributed by atoms with Crippen LogP contribution in [0.3, 0.4) is 0 Å². The number of fused-ring (bicyclic) bond motifs is 6. The van der Waals surface area contributed by atoms with Gasteiger partial charge in [0.05, 0.1) is 31.1 Å². The number of hydrazine groups is 1. The first-order valence-corrected chi connectivity index (χ1v) is 24.3. The van der Waals surface area contributed by atoms with Crippen LogP contribution < -0.4 is 10.7 Å². The Morgan fingerprint density at radius 2 is 1.86 bits per heavy atom. The Balaban J connectivity index is 1.30. The standard InChI is InChI=1S/C48H63N7O9S/c1-9-54-41-13-12-31-23-36(41)37(43(54)38-25-49-16-14-33(38)27-63-7)24-48(4,5)28-64-47(60)39-11-10-17-55(51-39)46(59)40(21-30-19-34(31)22-35(56)20-30)50-44(57)42(29(2)3)52(6)45(58)32-15-18-53(26-32)65(8,61)62/h12-14,16,19-20,22-23,25,29,32,39-40,42,51,56H,9-11,15,17-18,21,24,26-28H2,1-8H3,(H,50,57)/t32-,39-,40-,42-/m0/s1. The maximum absolute atomic E-state index is 14.7. The number of phenolic OH excluding ortho intramolecular Hbond substituents is 1. The molecule has 5 heterocycles. The molecule has 0 saturated carbocycles. The van der Waals surface area contributed by atoms with Crippen LogP contribution in [0.1, 0.15) is 70.6 Å². The summed E-state index contributed by atoms with van der Waals surface area (Å²) in [5.74, 6) is -2.97. The van der Waals surface area contributed by atoms with Gasteiger partial charge in [-0.1, -0.05) is 39.8 Å². The Bertz CT molecular complexity index is 2570. The predicted molar refractivity (Wildman–Crippen MR) is 247 cm³/mol. The average Bonchev–Trinajstić information content (AvgIpc) is 3.88. The Hall–Kier alpha value is -5.36. The number of aromatic hydroxyl groups is 1. The summed E-state index contributed by atoms with van der Waals surface area (Å²) in [5.41, 5.74) is 9.61. The summed E-state index contributed by atoms with van der Waals surface area (Å²) in [7, 11) is -0.304. The lowest BCUT2D eigenvalue weighted by Crippen LogP contribution is -2.62. The first-order valence-electron chi connectivity index (χ1n) is 22.5. The number of carbonyl (C=O) groups is 4. The monoisotopic (exact) mass is 913 g/mol. The Morgan fingerprint density at radius 3 is 2.55 bits per heavy atom. The van der Waals surface area contributed by atoms with E-state index in [1.54, 1.807) is 39.3 Å². The van der Waals surface area contributed by atoms with Crippen LogP contribution in [-0.2, 0) is 64.7 Å². The van der Waals surface area contributed by atoms with Crippen molar-refractivity contribution in [2.75, 3.05) is 46.7 Å². The SMILES string of the molecule is CCn1c(-c2cnccc2COC)c2c3cc(ccc31)-c1cc(O)cc(c1)C[C@H](NC(=O)[C@H](C(C)C)N(C)C(=O)[C@H]1CCN(S(C)(=O)=O)C1)C(=O)N1CCC[C@H](N1)C(=O)OCC(C)(C)C2. The second-order valence-electron chi connectivity index (χ2n) is 18.9. The molecule has 3 N–H and O–H groups in total. The molecule has 3 aliphatic heterocycles. The van der Waals surface area contributed by atoms with Gasteiger partial charge in [0.2, 0.25) is 21.8 Å². The fourth-order valence-corrected chi connectivity index (χ4v) is 10.7. The van der Waals surface area contributed by atoms with Gasteiger partial charge in [0.15, 0.2) is 0 Å². The van der Waals surface area contributed by atoms with Crippen molar-refractivity contribution in [3.63, 3.8) is 0 Å². The van der Waals surface area contributed by atoms with Gasteiger partial charge >= 0.3 is 5.97 Å². The fourth-order valence-electron chi connectivity index (χ4n) is 9.77. The van der Waals surface area contributed by atoms with Gasteiger partial charge in [-0.25, -0.2) is 18.1 Å². The van der Waals surface area contributed by atoms with E-state index in [-0.39, 0.29) is 50.2 Å². The van der Waals surface area contributed by atoms with E-state index >= 15 is 0 Å². The molecule has 4 atom stereocenters. The minimum Gasteiger partial charge on any atom is -0.508 e. The molecular formula is C48H63N7O9S. The summed E-state index contributed by atoms with van der Waals surface area (Å²) in [4.78, 5) is 62.8. The van der Waals surface area contributed by atoms with Crippen molar-refractivity contribution < 1.29 is 42.2 Å². The molecule has 2 aromatic carbocycles. The molecule has 0 aliphatic carbocycles. The molecule has 3 aliphatic rings. The normalized spacial score (nSPS) is 21.2. The van der Waals surface area contributed by atoms with Gasteiger partial charge in [0.1, 0.15) is 23.9 Å². The number of aryl methyl sites for hydroxylation is 1. The lowest BCUT2D eigenvalue weighted by atomic mass is 9.84. The lowest BCUT2D eigenvalue weighted by Gasteiger charge is -2.37. The highest BCUT2D eigenvalue weighted by molar-refractivity contribution is 7.88. The number of aromatic nitrogens is 2. The third kappa shape index (κ3) is 10.2. The zero-order valence-corrected chi connectivity index (χ0v) is 39.5. The number of benzene rings is 2. The van der Waals surface area contributed by atoms with Crippen molar-refractivity contribution in [3.05, 3.63) is 71.5 Å². The molecule has 7 rings (SSSR count). The molecule has 350 valence electrons. The number of esters is 1. The van der Waals surface area contributed by atoms with Crippen molar-refractivity contribution in [2.45, 2.75) is 98.0 Å². The highest BCUT2D eigenvalue weighted by Gasteiger charge is 2.41. The minimum absolute atomic E-state index is 0.0246. The summed E-state index contributed by atoms with van der Waals surface area (Å²) >= 11 is 0. The second-order valence-corrected chi connectivity index (χ2v) is 20.9. The predicted octanol–water partition coefficient (Wildman–Crippen LogP) is 4.66. The molecule has 16 nitrogen and oxygen atoms in total. The second kappa shape index (κ2) is 19.2. The zero-order valence-electron chi connectivity index (χ0n) is 38.7. The number of rotatable bonds is 10. The summed E-state index contributed by atoms with van der Waals surface area (Å²) < 4.78 is 39.7. The van der Waals surface area contributed by atoms with Crippen LogP contribution in [0.4, 0.5) is 0 Å². The van der Waals surface area contributed by atoms with Crippen molar-refractivity contribution in [2.24, 2.45) is 17.3 Å². The number of sulfonamides is 1. The van der Waals surface area contributed by atoms with Crippen LogP contribution in [0.25, 0.3) is 33.3 Å². The van der Waals surface area contributed by atoms with E-state index in [1.807, 2.05) is 24.4 Å². The van der Waals surface area contributed by atoms with Crippen molar-refractivity contribution >= 4 is 44.6 Å². The van der Waals surface area contributed by atoms with E-state index in [4.69, 9.17) is 9.47 Å². The number of nitrogens with one attached hydrogen (secondary N) is 2. The number of nitrogens with zero attached hydrogens (tertiary/aromatic N) is 5. The lowest BCUT2D eigenvalue weighted by molar-refractivity contribution is -0.155. The van der Waals surface area contributed by atoms with Crippen LogP contribution >= 0.6 is 0 Å². The quantitative estimate of drug-likeness (QED) is 0.188. The Labute approximate surface area is 381 Å². The molecule has 65 heavy (non-hydrogen) atoms. The molecule has 2 aromatic heterocycles. The van der Waals surface area contributed by atoms with E-state index in [0.717, 1.165) is 45.1 Å². The van der Waals surface area contributed by atoms with E-state index in [2.05, 4.69) is 53.2 Å². The molecule has 0 radical (unpaired) electrons. The third-order valence-electron chi connectivity index (χ3n) is 12.9. The maximum atomic E-state index is 14.7. The highest BCUT2D eigenvalue weighted by Crippen LogP contribution is 2.41. The van der Waals surface area contributed by atoms with Gasteiger partial charge in [-0.2, -0.15) is 0 Å². The summed E-state index contributed by atoms with van der Waals surface area (Å²) in [6.45, 7) is 11.5. The topological polar surface area (TPSA) is 193 Å². The van der Waals surface area contributed by atoms with Gasteiger partial charge in [-0.15, -0.1) is 0 Å². The Morgan fingerprint density at radius 1 is 1.09 bits per heavy atom. The molecule has 0 spiro atoms. The first kappa shape index (κ1) is 47.6. The van der Waals surface area contributed by atoms with Gasteiger partial charge in [0, 0.05) is 81.0 Å². The molecule has 4 aromatic rings. The largest absolute Gasteiger partial charge is 0.508 e. The van der Waals surface area contributed by atoms with Crippen LogP contribution in [0.2, 0.25) is 0 Å². The molecule has 6 bridgehead atoms. The van der Waals surface area contributed by atoms with E-state index < -0.39 is 57.3 Å². The molecular weight excluding hydrogens is 851 g/mol.